The van der Waals surface area contributed by atoms with Crippen LogP contribution in [0.15, 0.2) is 30.3 Å². The van der Waals surface area contributed by atoms with Gasteiger partial charge in [-0.05, 0) is 24.6 Å². The molecule has 0 fully saturated rings. The van der Waals surface area contributed by atoms with E-state index in [-0.39, 0.29) is 16.9 Å². The third-order valence-electron chi connectivity index (χ3n) is 3.68. The fourth-order valence-corrected chi connectivity index (χ4v) is 2.67. The number of anilines is 1. The van der Waals surface area contributed by atoms with Crippen molar-refractivity contribution < 1.29 is 4.39 Å². The summed E-state index contributed by atoms with van der Waals surface area (Å²) in [6.07, 6.45) is 0.536. The molecule has 2 aromatic heterocycles. The summed E-state index contributed by atoms with van der Waals surface area (Å²) in [6.45, 7) is 1.96. The third kappa shape index (κ3) is 3.17. The van der Waals surface area contributed by atoms with Crippen LogP contribution in [-0.4, -0.2) is 19.7 Å². The van der Waals surface area contributed by atoms with E-state index in [1.54, 1.807) is 16.8 Å². The monoisotopic (exact) mass is 331 g/mol. The van der Waals surface area contributed by atoms with E-state index in [9.17, 15) is 4.39 Å². The second-order valence-corrected chi connectivity index (χ2v) is 5.66. The number of nitrogens with zero attached hydrogens (tertiary/aromatic N) is 4. The molecule has 118 valence electrons. The molecule has 3 aromatic rings. The first kappa shape index (κ1) is 15.4. The van der Waals surface area contributed by atoms with Crippen LogP contribution in [0.3, 0.4) is 0 Å². The second kappa shape index (κ2) is 5.96. The fourth-order valence-electron chi connectivity index (χ4n) is 2.48. The van der Waals surface area contributed by atoms with Crippen molar-refractivity contribution in [1.29, 1.82) is 0 Å². The van der Waals surface area contributed by atoms with E-state index in [2.05, 4.69) is 15.1 Å². The Morgan fingerprint density at radius 1 is 1.26 bits per heavy atom. The highest BCUT2D eigenvalue weighted by Crippen LogP contribution is 2.27. The molecule has 0 saturated heterocycles. The number of hydrogen-bond acceptors (Lipinski definition) is 4. The van der Waals surface area contributed by atoms with Crippen molar-refractivity contribution >= 4 is 17.5 Å². The Bertz CT molecular complexity index is 855. The van der Waals surface area contributed by atoms with Crippen LogP contribution in [0.4, 0.5) is 10.3 Å². The zero-order valence-corrected chi connectivity index (χ0v) is 13.5. The van der Waals surface area contributed by atoms with Gasteiger partial charge in [0.1, 0.15) is 16.7 Å². The summed E-state index contributed by atoms with van der Waals surface area (Å²) in [4.78, 5) is 8.07. The molecule has 3 rings (SSSR count). The van der Waals surface area contributed by atoms with Crippen LogP contribution in [0.25, 0.3) is 11.4 Å². The molecule has 0 amide bonds. The zero-order chi connectivity index (χ0) is 16.6. The quantitative estimate of drug-likeness (QED) is 0.748. The van der Waals surface area contributed by atoms with Gasteiger partial charge in [0, 0.05) is 30.8 Å². The lowest BCUT2D eigenvalue weighted by Gasteiger charge is -2.05. The van der Waals surface area contributed by atoms with Crippen molar-refractivity contribution in [2.45, 2.75) is 13.3 Å². The first-order valence-electron chi connectivity index (χ1n) is 7.01. The minimum absolute atomic E-state index is 0.0903. The number of benzene rings is 1. The number of hydrogen-bond donors (Lipinski definition) is 1. The predicted molar refractivity (Wildman–Crippen MR) is 87.6 cm³/mol. The predicted octanol–water partition coefficient (Wildman–Crippen LogP) is 3.15. The lowest BCUT2D eigenvalue weighted by Crippen LogP contribution is -1.99. The molecular formula is C16H15ClFN5. The van der Waals surface area contributed by atoms with Crippen LogP contribution in [0.1, 0.15) is 16.8 Å². The molecule has 0 saturated carbocycles. The molecule has 7 heteroatoms. The summed E-state index contributed by atoms with van der Waals surface area (Å²) in [6, 6.07) is 8.12. The van der Waals surface area contributed by atoms with Crippen molar-refractivity contribution in [3.05, 3.63) is 58.1 Å². The summed E-state index contributed by atoms with van der Waals surface area (Å²) in [7, 11) is 1.85. The van der Waals surface area contributed by atoms with Crippen molar-refractivity contribution in [2.24, 2.45) is 7.05 Å². The Morgan fingerprint density at radius 2 is 2.04 bits per heavy atom. The van der Waals surface area contributed by atoms with E-state index in [1.807, 2.05) is 20.0 Å². The molecule has 0 aliphatic heterocycles. The summed E-state index contributed by atoms with van der Waals surface area (Å²) in [5.41, 5.74) is 9.68. The Labute approximate surface area is 137 Å². The molecule has 5 nitrogen and oxygen atoms in total. The Balaban J connectivity index is 2.10. The first-order valence-corrected chi connectivity index (χ1v) is 7.39. The second-order valence-electron chi connectivity index (χ2n) is 5.28. The van der Waals surface area contributed by atoms with Gasteiger partial charge in [0.15, 0.2) is 0 Å². The highest BCUT2D eigenvalue weighted by atomic mass is 35.5. The molecule has 0 unspecified atom stereocenters. The maximum Gasteiger partial charge on any atom is 0.222 e. The molecule has 2 N–H and O–H groups in total. The normalized spacial score (nSPS) is 11.0. The van der Waals surface area contributed by atoms with Crippen LogP contribution in [0.2, 0.25) is 5.15 Å². The average molecular weight is 332 g/mol. The molecule has 0 bridgehead atoms. The highest BCUT2D eigenvalue weighted by Gasteiger charge is 2.17. The molecule has 0 aliphatic carbocycles. The third-order valence-corrected chi connectivity index (χ3v) is 3.88. The summed E-state index contributed by atoms with van der Waals surface area (Å²) in [5.74, 6) is -0.174. The van der Waals surface area contributed by atoms with E-state index < -0.39 is 0 Å². The number of halogens is 2. The minimum Gasteiger partial charge on any atom is -0.368 e. The number of nitrogen functional groups attached to an aromatic ring is 1. The van der Waals surface area contributed by atoms with Gasteiger partial charge >= 0.3 is 0 Å². The van der Waals surface area contributed by atoms with Crippen LogP contribution < -0.4 is 5.73 Å². The number of aromatic nitrogens is 4. The number of nitrogens with two attached hydrogens (primary N) is 1. The fraction of sp³-hybridized carbons (Fsp3) is 0.188. The van der Waals surface area contributed by atoms with Gasteiger partial charge in [0.05, 0.1) is 5.69 Å². The molecule has 1 aromatic carbocycles. The van der Waals surface area contributed by atoms with Gasteiger partial charge in [-0.1, -0.05) is 23.7 Å². The van der Waals surface area contributed by atoms with Gasteiger partial charge in [-0.15, -0.1) is 0 Å². The SMILES string of the molecule is Cc1c(Cc2cccc(F)c2)c(-c2cc(Cl)nc(N)n2)nn1C. The first-order chi connectivity index (χ1) is 10.9. The molecule has 2 heterocycles. The molecule has 23 heavy (non-hydrogen) atoms. The summed E-state index contributed by atoms with van der Waals surface area (Å²) in [5, 5.41) is 4.76. The van der Waals surface area contributed by atoms with Gasteiger partial charge in [-0.3, -0.25) is 4.68 Å². The smallest absolute Gasteiger partial charge is 0.222 e. The standard InChI is InChI=1S/C16H15ClFN5/c1-9-12(7-10-4-3-5-11(18)6-10)15(22-23(9)2)13-8-14(17)21-16(19)20-13/h3-6,8H,7H2,1-2H3,(H2,19,20,21). The van der Waals surface area contributed by atoms with E-state index >= 15 is 0 Å². The van der Waals surface area contributed by atoms with Crippen molar-refractivity contribution in [1.82, 2.24) is 19.7 Å². The Kier molecular flexibility index (Phi) is 4.00. The van der Waals surface area contributed by atoms with E-state index in [1.165, 1.54) is 12.1 Å². The van der Waals surface area contributed by atoms with Crippen molar-refractivity contribution in [3.63, 3.8) is 0 Å². The highest BCUT2D eigenvalue weighted by molar-refractivity contribution is 6.29. The van der Waals surface area contributed by atoms with Gasteiger partial charge in [0.2, 0.25) is 5.95 Å². The van der Waals surface area contributed by atoms with Gasteiger partial charge in [0.25, 0.3) is 0 Å². The van der Waals surface area contributed by atoms with E-state index in [0.29, 0.717) is 17.8 Å². The molecule has 0 aliphatic rings. The number of aryl methyl sites for hydroxylation is 1. The van der Waals surface area contributed by atoms with Crippen molar-refractivity contribution in [2.75, 3.05) is 5.73 Å². The van der Waals surface area contributed by atoms with Crippen LogP contribution in [-0.2, 0) is 13.5 Å². The molecule has 0 radical (unpaired) electrons. The van der Waals surface area contributed by atoms with E-state index in [4.69, 9.17) is 17.3 Å². The Morgan fingerprint density at radius 3 is 2.74 bits per heavy atom. The largest absolute Gasteiger partial charge is 0.368 e. The summed E-state index contributed by atoms with van der Waals surface area (Å²) < 4.78 is 15.2. The topological polar surface area (TPSA) is 69.6 Å². The average Bonchev–Trinajstić information content (AvgIpc) is 2.75. The van der Waals surface area contributed by atoms with E-state index in [0.717, 1.165) is 16.8 Å². The zero-order valence-electron chi connectivity index (χ0n) is 12.7. The lowest BCUT2D eigenvalue weighted by atomic mass is 10.0. The summed E-state index contributed by atoms with van der Waals surface area (Å²) >= 11 is 5.96. The van der Waals surface area contributed by atoms with Gasteiger partial charge < -0.3 is 5.73 Å². The minimum atomic E-state index is -0.264. The van der Waals surface area contributed by atoms with Crippen molar-refractivity contribution in [3.8, 4) is 11.4 Å². The Hall–Kier alpha value is -2.47. The van der Waals surface area contributed by atoms with Crippen LogP contribution in [0, 0.1) is 12.7 Å². The van der Waals surface area contributed by atoms with Gasteiger partial charge in [-0.2, -0.15) is 5.10 Å². The van der Waals surface area contributed by atoms with Crippen LogP contribution in [0.5, 0.6) is 0 Å². The lowest BCUT2D eigenvalue weighted by molar-refractivity contribution is 0.626. The molecule has 0 spiro atoms. The maximum absolute atomic E-state index is 13.4. The molecular weight excluding hydrogens is 317 g/mol. The number of rotatable bonds is 3. The van der Waals surface area contributed by atoms with Crippen LogP contribution >= 0.6 is 11.6 Å². The van der Waals surface area contributed by atoms with Gasteiger partial charge in [-0.25, -0.2) is 14.4 Å². The molecule has 0 atom stereocenters. The maximum atomic E-state index is 13.4.